The van der Waals surface area contributed by atoms with Crippen molar-refractivity contribution in [3.05, 3.63) is 69.8 Å². The van der Waals surface area contributed by atoms with E-state index in [1.807, 2.05) is 35.0 Å². The predicted octanol–water partition coefficient (Wildman–Crippen LogP) is 4.52. The van der Waals surface area contributed by atoms with Gasteiger partial charge in [-0.2, -0.15) is 0 Å². The van der Waals surface area contributed by atoms with Crippen LogP contribution < -0.4 is 19.8 Å². The molecule has 10 heteroatoms. The van der Waals surface area contributed by atoms with E-state index in [0.717, 1.165) is 47.3 Å². The van der Waals surface area contributed by atoms with Gasteiger partial charge in [0.1, 0.15) is 5.75 Å². The van der Waals surface area contributed by atoms with Gasteiger partial charge in [0.2, 0.25) is 6.79 Å². The summed E-state index contributed by atoms with van der Waals surface area (Å²) in [5.41, 5.74) is 2.39. The van der Waals surface area contributed by atoms with E-state index in [2.05, 4.69) is 44.5 Å². The maximum Gasteiger partial charge on any atom is 0.252 e. The Morgan fingerprint density at radius 1 is 1.11 bits per heavy atom. The summed E-state index contributed by atoms with van der Waals surface area (Å²) >= 11 is 0. The molecule has 1 N–H and O–H groups in total. The number of tetrazole rings is 1. The van der Waals surface area contributed by atoms with Crippen LogP contribution in [0, 0.1) is 0 Å². The van der Waals surface area contributed by atoms with Crippen molar-refractivity contribution in [2.24, 2.45) is 0 Å². The Bertz CT molecular complexity index is 1480. The van der Waals surface area contributed by atoms with Crippen molar-refractivity contribution in [2.75, 3.05) is 13.9 Å². The Morgan fingerprint density at radius 3 is 2.61 bits per heavy atom. The maximum absolute atomic E-state index is 13.3. The zero-order valence-corrected chi connectivity index (χ0v) is 21.7. The summed E-state index contributed by atoms with van der Waals surface area (Å²) in [4.78, 5) is 18.6. The first-order valence-corrected chi connectivity index (χ1v) is 13.2. The summed E-state index contributed by atoms with van der Waals surface area (Å²) in [6, 6.07) is 14.0. The molecular weight excluding hydrogens is 484 g/mol. The van der Waals surface area contributed by atoms with E-state index in [1.165, 1.54) is 12.8 Å². The van der Waals surface area contributed by atoms with Crippen LogP contribution in [0.15, 0.2) is 47.3 Å². The number of fused-ring (bicyclic) bond motifs is 2. The van der Waals surface area contributed by atoms with Gasteiger partial charge >= 0.3 is 0 Å². The van der Waals surface area contributed by atoms with Crippen LogP contribution in [0.5, 0.6) is 17.2 Å². The molecule has 198 valence electrons. The Hall–Kier alpha value is -3.92. The zero-order chi connectivity index (χ0) is 26.1. The molecule has 38 heavy (non-hydrogen) atoms. The van der Waals surface area contributed by atoms with Gasteiger partial charge in [0, 0.05) is 30.1 Å². The van der Waals surface area contributed by atoms with Crippen LogP contribution in [0.2, 0.25) is 0 Å². The van der Waals surface area contributed by atoms with Gasteiger partial charge in [-0.3, -0.25) is 9.69 Å². The van der Waals surface area contributed by atoms with E-state index in [-0.39, 0.29) is 18.4 Å². The van der Waals surface area contributed by atoms with Gasteiger partial charge in [-0.05, 0) is 59.5 Å². The lowest BCUT2D eigenvalue weighted by molar-refractivity contribution is 0.158. The minimum absolute atomic E-state index is 0.0699. The number of aromatic nitrogens is 5. The summed E-state index contributed by atoms with van der Waals surface area (Å²) in [6.45, 7) is 3.39. The maximum atomic E-state index is 13.3. The summed E-state index contributed by atoms with van der Waals surface area (Å²) in [5, 5.41) is 13.9. The Morgan fingerprint density at radius 2 is 1.87 bits per heavy atom. The fraction of sp³-hybridized carbons (Fsp3) is 0.429. The molecule has 2 aromatic carbocycles. The minimum atomic E-state index is -0.124. The second-order valence-electron chi connectivity index (χ2n) is 10.0. The van der Waals surface area contributed by atoms with Crippen molar-refractivity contribution >= 4 is 10.9 Å². The molecule has 1 aliphatic heterocycles. The first-order chi connectivity index (χ1) is 18.6. The first-order valence-electron chi connectivity index (χ1n) is 13.2. The zero-order valence-electron chi connectivity index (χ0n) is 21.7. The molecule has 2 aliphatic rings. The lowest BCUT2D eigenvalue weighted by Gasteiger charge is -2.31. The summed E-state index contributed by atoms with van der Waals surface area (Å²) in [6.07, 6.45) is 5.37. The molecule has 1 fully saturated rings. The number of benzene rings is 2. The molecule has 1 atom stereocenters. The molecule has 4 aromatic rings. The van der Waals surface area contributed by atoms with E-state index in [4.69, 9.17) is 14.2 Å². The number of nitrogens with one attached hydrogen (secondary N) is 1. The fourth-order valence-electron chi connectivity index (χ4n) is 5.65. The number of methoxy groups -OCH3 is 1. The van der Waals surface area contributed by atoms with Crippen molar-refractivity contribution in [2.45, 2.75) is 64.2 Å². The summed E-state index contributed by atoms with van der Waals surface area (Å²) < 4.78 is 18.4. The van der Waals surface area contributed by atoms with Crippen LogP contribution in [0.3, 0.4) is 0 Å². The molecule has 6 rings (SSSR count). The third-order valence-corrected chi connectivity index (χ3v) is 7.65. The number of H-pyrrole nitrogens is 1. The second-order valence-corrected chi connectivity index (χ2v) is 10.0. The molecule has 10 nitrogen and oxygen atoms in total. The molecule has 0 radical (unpaired) electrons. The van der Waals surface area contributed by atoms with Gasteiger partial charge in [-0.1, -0.05) is 31.9 Å². The van der Waals surface area contributed by atoms with Crippen molar-refractivity contribution < 1.29 is 14.2 Å². The molecule has 2 aromatic heterocycles. The number of hydrogen-bond acceptors (Lipinski definition) is 8. The molecule has 1 saturated carbocycles. The number of rotatable bonds is 9. The number of pyridine rings is 1. The van der Waals surface area contributed by atoms with E-state index in [9.17, 15) is 4.79 Å². The van der Waals surface area contributed by atoms with E-state index < -0.39 is 0 Å². The molecule has 0 unspecified atom stereocenters. The van der Waals surface area contributed by atoms with Gasteiger partial charge in [-0.25, -0.2) is 4.68 Å². The van der Waals surface area contributed by atoms with Crippen LogP contribution in [-0.2, 0) is 13.1 Å². The monoisotopic (exact) mass is 516 g/mol. The normalized spacial score (nSPS) is 16.0. The topological polar surface area (TPSA) is 107 Å². The molecule has 0 spiro atoms. The second kappa shape index (κ2) is 10.4. The molecule has 0 amide bonds. The molecular formula is C28H32N6O4. The number of aromatic amines is 1. The van der Waals surface area contributed by atoms with Gasteiger partial charge in [0.15, 0.2) is 17.3 Å². The molecule has 0 saturated heterocycles. The Labute approximate surface area is 220 Å². The third-order valence-electron chi connectivity index (χ3n) is 7.65. The molecule has 0 bridgehead atoms. The predicted molar refractivity (Wildman–Crippen MR) is 141 cm³/mol. The highest BCUT2D eigenvalue weighted by Gasteiger charge is 2.30. The van der Waals surface area contributed by atoms with Crippen LogP contribution >= 0.6 is 0 Å². The van der Waals surface area contributed by atoms with E-state index >= 15 is 0 Å². The van der Waals surface area contributed by atoms with Crippen molar-refractivity contribution in [3.8, 4) is 17.2 Å². The molecule has 1 aliphatic carbocycles. The smallest absolute Gasteiger partial charge is 0.252 e. The SMILES string of the molecule is CC[C@@H](c1nnnn1C1CCCC1)N(Cc1ccc(OC)cc1)Cc1cc2cc3c(cc2[nH]c1=O)OCO3. The highest BCUT2D eigenvalue weighted by molar-refractivity contribution is 5.83. The van der Waals surface area contributed by atoms with Gasteiger partial charge in [0.25, 0.3) is 5.56 Å². The van der Waals surface area contributed by atoms with E-state index in [1.54, 1.807) is 7.11 Å². The van der Waals surface area contributed by atoms with Crippen LogP contribution in [0.1, 0.15) is 68.1 Å². The van der Waals surface area contributed by atoms with Gasteiger partial charge in [-0.15, -0.1) is 5.10 Å². The lowest BCUT2D eigenvalue weighted by atomic mass is 10.1. The van der Waals surface area contributed by atoms with Crippen LogP contribution in [-0.4, -0.2) is 44.0 Å². The highest BCUT2D eigenvalue weighted by Crippen LogP contribution is 2.36. The average molecular weight is 517 g/mol. The lowest BCUT2D eigenvalue weighted by Crippen LogP contribution is -2.32. The van der Waals surface area contributed by atoms with Crippen molar-refractivity contribution in [1.29, 1.82) is 0 Å². The van der Waals surface area contributed by atoms with Crippen LogP contribution in [0.4, 0.5) is 0 Å². The largest absolute Gasteiger partial charge is 0.497 e. The van der Waals surface area contributed by atoms with Crippen LogP contribution in [0.25, 0.3) is 10.9 Å². The molecule has 3 heterocycles. The Kier molecular flexibility index (Phi) is 6.71. The first kappa shape index (κ1) is 24.4. The minimum Gasteiger partial charge on any atom is -0.497 e. The average Bonchev–Trinajstić information content (AvgIpc) is 3.71. The third kappa shape index (κ3) is 4.71. The fourth-order valence-corrected chi connectivity index (χ4v) is 5.65. The van der Waals surface area contributed by atoms with E-state index in [0.29, 0.717) is 36.2 Å². The number of ether oxygens (including phenoxy) is 3. The Balaban J connectivity index is 1.37. The highest BCUT2D eigenvalue weighted by atomic mass is 16.7. The quantitative estimate of drug-likeness (QED) is 0.346. The number of hydrogen-bond donors (Lipinski definition) is 1. The van der Waals surface area contributed by atoms with Gasteiger partial charge in [0.05, 0.1) is 24.7 Å². The summed E-state index contributed by atoms with van der Waals surface area (Å²) in [5.74, 6) is 3.00. The summed E-state index contributed by atoms with van der Waals surface area (Å²) in [7, 11) is 1.66. The standard InChI is InChI=1S/C28H32N6O4/c1-3-24(27-30-31-32-34(27)21-6-4-5-7-21)33(15-18-8-10-22(36-2)11-9-18)16-20-12-19-13-25-26(38-17-37-25)14-23(19)29-28(20)35/h8-14,21,24H,3-7,15-17H2,1-2H3,(H,29,35)/t24-/m0/s1. The van der Waals surface area contributed by atoms with Crippen molar-refractivity contribution in [3.63, 3.8) is 0 Å². The number of nitrogens with zero attached hydrogens (tertiary/aromatic N) is 5. The van der Waals surface area contributed by atoms with Gasteiger partial charge < -0.3 is 19.2 Å². The van der Waals surface area contributed by atoms with Crippen molar-refractivity contribution in [1.82, 2.24) is 30.1 Å².